The molecule has 0 unspecified atom stereocenters. The van der Waals surface area contributed by atoms with Crippen LogP contribution in [0.4, 0.5) is 0 Å². The molecule has 0 saturated heterocycles. The summed E-state index contributed by atoms with van der Waals surface area (Å²) >= 11 is 7.66. The zero-order chi connectivity index (χ0) is 11.4. The molecule has 0 aromatic carbocycles. The third kappa shape index (κ3) is 3.81. The first kappa shape index (κ1) is 12.0. The van der Waals surface area contributed by atoms with Crippen molar-refractivity contribution in [2.75, 3.05) is 12.3 Å². The molecule has 0 spiro atoms. The number of hydrogen-bond donors (Lipinski definition) is 1. The molecular formula is C12H15ClN2S. The molecule has 2 nitrogen and oxygen atoms in total. The summed E-state index contributed by atoms with van der Waals surface area (Å²) in [4.78, 5) is 4.23. The van der Waals surface area contributed by atoms with Crippen LogP contribution in [-0.2, 0) is 0 Å². The molecular weight excluding hydrogens is 240 g/mol. The maximum Gasteiger partial charge on any atom is 0.115 e. The smallest absolute Gasteiger partial charge is 0.115 e. The van der Waals surface area contributed by atoms with Gasteiger partial charge >= 0.3 is 0 Å². The first-order valence-electron chi connectivity index (χ1n) is 5.39. The molecule has 1 heterocycles. The molecule has 1 aliphatic rings. The Kier molecular flexibility index (Phi) is 4.27. The summed E-state index contributed by atoms with van der Waals surface area (Å²) in [7, 11) is 0. The van der Waals surface area contributed by atoms with E-state index in [2.05, 4.69) is 16.9 Å². The highest BCUT2D eigenvalue weighted by Gasteiger charge is 2.20. The quantitative estimate of drug-likeness (QED) is 0.624. The summed E-state index contributed by atoms with van der Waals surface area (Å²) in [5, 5.41) is 5.04. The van der Waals surface area contributed by atoms with Crippen molar-refractivity contribution in [3.8, 4) is 0 Å². The van der Waals surface area contributed by atoms with Gasteiger partial charge in [0, 0.05) is 24.5 Å². The largest absolute Gasteiger partial charge is 0.310 e. The van der Waals surface area contributed by atoms with Gasteiger partial charge in [-0.05, 0) is 25.0 Å². The predicted molar refractivity (Wildman–Crippen MR) is 70.1 cm³/mol. The lowest BCUT2D eigenvalue weighted by Crippen LogP contribution is -2.19. The van der Waals surface area contributed by atoms with Crippen molar-refractivity contribution >= 4 is 23.4 Å². The molecule has 0 atom stereocenters. The molecule has 2 rings (SSSR count). The fraction of sp³-hybridized carbons (Fsp3) is 0.417. The van der Waals surface area contributed by atoms with Gasteiger partial charge in [-0.2, -0.15) is 0 Å². The normalized spacial score (nSPS) is 15.1. The fourth-order valence-electron chi connectivity index (χ4n) is 1.27. The molecule has 1 saturated carbocycles. The monoisotopic (exact) mass is 254 g/mol. The number of hydrogen-bond acceptors (Lipinski definition) is 3. The Hall–Kier alpha value is -0.510. The molecule has 0 aliphatic heterocycles. The van der Waals surface area contributed by atoms with E-state index in [1.54, 1.807) is 18.0 Å². The second kappa shape index (κ2) is 5.71. The van der Waals surface area contributed by atoms with Crippen molar-refractivity contribution in [3.05, 3.63) is 35.5 Å². The van der Waals surface area contributed by atoms with Gasteiger partial charge in [0.1, 0.15) is 5.03 Å². The van der Waals surface area contributed by atoms with E-state index in [1.807, 2.05) is 12.1 Å². The Morgan fingerprint density at radius 3 is 3.12 bits per heavy atom. The van der Waals surface area contributed by atoms with Crippen LogP contribution in [0.1, 0.15) is 12.8 Å². The van der Waals surface area contributed by atoms with E-state index >= 15 is 0 Å². The SMILES string of the molecule is C=C(CNC1CC1)CSc1ncccc1Cl. The number of nitrogens with one attached hydrogen (secondary N) is 1. The van der Waals surface area contributed by atoms with E-state index in [1.165, 1.54) is 18.4 Å². The van der Waals surface area contributed by atoms with Gasteiger partial charge in [0.15, 0.2) is 0 Å². The lowest BCUT2D eigenvalue weighted by atomic mass is 10.3. The molecule has 1 N–H and O–H groups in total. The summed E-state index contributed by atoms with van der Waals surface area (Å²) in [5.41, 5.74) is 1.19. The molecule has 4 heteroatoms. The number of thioether (sulfide) groups is 1. The van der Waals surface area contributed by atoms with Gasteiger partial charge in [-0.3, -0.25) is 0 Å². The van der Waals surface area contributed by atoms with Crippen molar-refractivity contribution in [2.45, 2.75) is 23.9 Å². The van der Waals surface area contributed by atoms with Crippen LogP contribution in [0.25, 0.3) is 0 Å². The third-order valence-corrected chi connectivity index (χ3v) is 3.92. The molecule has 0 amide bonds. The summed E-state index contributed by atoms with van der Waals surface area (Å²) in [6.45, 7) is 4.95. The van der Waals surface area contributed by atoms with Crippen molar-refractivity contribution in [1.82, 2.24) is 10.3 Å². The first-order chi connectivity index (χ1) is 7.75. The topological polar surface area (TPSA) is 24.9 Å². The number of aromatic nitrogens is 1. The lowest BCUT2D eigenvalue weighted by molar-refractivity contribution is 0.736. The van der Waals surface area contributed by atoms with Gasteiger partial charge in [0.2, 0.25) is 0 Å². The summed E-state index contributed by atoms with van der Waals surface area (Å²) in [6.07, 6.45) is 4.39. The minimum atomic E-state index is 0.718. The number of pyridine rings is 1. The van der Waals surface area contributed by atoms with Gasteiger partial charge in [0.25, 0.3) is 0 Å². The highest BCUT2D eigenvalue weighted by molar-refractivity contribution is 7.99. The Morgan fingerprint density at radius 1 is 1.62 bits per heavy atom. The maximum absolute atomic E-state index is 6.02. The van der Waals surface area contributed by atoms with Crippen LogP contribution in [0.3, 0.4) is 0 Å². The molecule has 86 valence electrons. The maximum atomic E-state index is 6.02. The Morgan fingerprint density at radius 2 is 2.44 bits per heavy atom. The van der Waals surface area contributed by atoms with Crippen molar-refractivity contribution in [2.24, 2.45) is 0 Å². The van der Waals surface area contributed by atoms with Crippen LogP contribution in [0, 0.1) is 0 Å². The van der Waals surface area contributed by atoms with E-state index in [0.29, 0.717) is 0 Å². The van der Waals surface area contributed by atoms with E-state index in [4.69, 9.17) is 11.6 Å². The van der Waals surface area contributed by atoms with Gasteiger partial charge < -0.3 is 5.32 Å². The Bertz CT molecular complexity index is 377. The van der Waals surface area contributed by atoms with Crippen LogP contribution in [-0.4, -0.2) is 23.3 Å². The van der Waals surface area contributed by atoms with Gasteiger partial charge in [-0.1, -0.05) is 23.8 Å². The van der Waals surface area contributed by atoms with Crippen molar-refractivity contribution in [1.29, 1.82) is 0 Å². The van der Waals surface area contributed by atoms with Gasteiger partial charge in [-0.15, -0.1) is 11.8 Å². The second-order valence-electron chi connectivity index (χ2n) is 3.98. The highest BCUT2D eigenvalue weighted by atomic mass is 35.5. The Balaban J connectivity index is 1.73. The summed E-state index contributed by atoms with van der Waals surface area (Å²) in [6, 6.07) is 4.44. The van der Waals surface area contributed by atoms with Crippen LogP contribution < -0.4 is 5.32 Å². The minimum absolute atomic E-state index is 0.718. The van der Waals surface area contributed by atoms with E-state index in [-0.39, 0.29) is 0 Å². The molecule has 1 fully saturated rings. The van der Waals surface area contributed by atoms with Gasteiger partial charge in [0.05, 0.1) is 5.02 Å². The molecule has 0 radical (unpaired) electrons. The lowest BCUT2D eigenvalue weighted by Gasteiger charge is -2.06. The van der Waals surface area contributed by atoms with Gasteiger partial charge in [-0.25, -0.2) is 4.98 Å². The average Bonchev–Trinajstić information content (AvgIpc) is 3.09. The molecule has 16 heavy (non-hydrogen) atoms. The van der Waals surface area contributed by atoms with Crippen molar-refractivity contribution < 1.29 is 0 Å². The zero-order valence-corrected chi connectivity index (χ0v) is 10.7. The molecule has 0 bridgehead atoms. The van der Waals surface area contributed by atoms with Crippen LogP contribution in [0.2, 0.25) is 5.02 Å². The first-order valence-corrected chi connectivity index (χ1v) is 6.75. The second-order valence-corrected chi connectivity index (χ2v) is 5.36. The van der Waals surface area contributed by atoms with E-state index < -0.39 is 0 Å². The number of nitrogens with zero attached hydrogens (tertiary/aromatic N) is 1. The minimum Gasteiger partial charge on any atom is -0.310 e. The fourth-order valence-corrected chi connectivity index (χ4v) is 2.34. The highest BCUT2D eigenvalue weighted by Crippen LogP contribution is 2.25. The van der Waals surface area contributed by atoms with E-state index in [0.717, 1.165) is 28.4 Å². The van der Waals surface area contributed by atoms with E-state index in [9.17, 15) is 0 Å². The van der Waals surface area contributed by atoms with Crippen LogP contribution in [0.15, 0.2) is 35.5 Å². The van der Waals surface area contributed by atoms with Crippen LogP contribution in [0.5, 0.6) is 0 Å². The zero-order valence-electron chi connectivity index (χ0n) is 9.08. The third-order valence-electron chi connectivity index (χ3n) is 2.36. The summed E-state index contributed by atoms with van der Waals surface area (Å²) in [5.74, 6) is 0.871. The molecule has 1 aromatic heterocycles. The molecule has 1 aromatic rings. The van der Waals surface area contributed by atoms with Crippen LogP contribution >= 0.6 is 23.4 Å². The summed E-state index contributed by atoms with van der Waals surface area (Å²) < 4.78 is 0. The Labute approximate surface area is 105 Å². The molecule has 1 aliphatic carbocycles. The number of rotatable bonds is 6. The number of halogens is 1. The van der Waals surface area contributed by atoms with Crippen molar-refractivity contribution in [3.63, 3.8) is 0 Å². The average molecular weight is 255 g/mol. The standard InChI is InChI=1S/C12H15ClN2S/c1-9(7-15-10-4-5-10)8-16-12-11(13)3-2-6-14-12/h2-3,6,10,15H,1,4-5,7-8H2. The predicted octanol–water partition coefficient (Wildman–Crippen LogP) is 3.14.